The van der Waals surface area contributed by atoms with Crippen LogP contribution < -0.4 is 19.8 Å². The first-order valence-corrected chi connectivity index (χ1v) is 12.1. The van der Waals surface area contributed by atoms with E-state index in [1.54, 1.807) is 6.07 Å². The molecule has 5 heteroatoms. The predicted octanol–water partition coefficient (Wildman–Crippen LogP) is 7.78. The van der Waals surface area contributed by atoms with Crippen LogP contribution in [0.2, 0.25) is 0 Å². The predicted molar refractivity (Wildman–Crippen MR) is 140 cm³/mol. The second-order valence-electron chi connectivity index (χ2n) is 9.62. The van der Waals surface area contributed by atoms with E-state index in [1.807, 2.05) is 45.1 Å². The summed E-state index contributed by atoms with van der Waals surface area (Å²) in [6, 6.07) is 5.43. The SMILES string of the molecule is CCC=CCCOc1c(OCC=C(C)CCC=C(C)C)c2ccc(OC(C)(C)C)cc2oc1=O. The maximum absolute atomic E-state index is 12.8. The summed E-state index contributed by atoms with van der Waals surface area (Å²) in [7, 11) is 0. The second-order valence-corrected chi connectivity index (χ2v) is 9.62. The van der Waals surface area contributed by atoms with Crippen molar-refractivity contribution in [2.75, 3.05) is 13.2 Å². The van der Waals surface area contributed by atoms with Gasteiger partial charge >= 0.3 is 5.63 Å². The van der Waals surface area contributed by atoms with Crippen LogP contribution in [0.1, 0.15) is 74.1 Å². The van der Waals surface area contributed by atoms with Gasteiger partial charge in [0.05, 0.1) is 12.0 Å². The zero-order valence-electron chi connectivity index (χ0n) is 21.8. The summed E-state index contributed by atoms with van der Waals surface area (Å²) in [4.78, 5) is 12.8. The van der Waals surface area contributed by atoms with E-state index >= 15 is 0 Å². The molecule has 0 spiro atoms. The number of allylic oxidation sites excluding steroid dienone is 4. The second kappa shape index (κ2) is 13.1. The molecule has 0 atom stereocenters. The van der Waals surface area contributed by atoms with Crippen molar-refractivity contribution >= 4 is 11.0 Å². The summed E-state index contributed by atoms with van der Waals surface area (Å²) in [5, 5.41) is 0.676. The van der Waals surface area contributed by atoms with Crippen LogP contribution in [0.15, 0.2) is 62.9 Å². The van der Waals surface area contributed by atoms with Crippen molar-refractivity contribution < 1.29 is 18.6 Å². The Morgan fingerprint density at radius 1 is 1.00 bits per heavy atom. The maximum atomic E-state index is 12.8. The van der Waals surface area contributed by atoms with E-state index in [0.717, 1.165) is 19.3 Å². The Balaban J connectivity index is 2.33. The smallest absolute Gasteiger partial charge is 0.383 e. The molecule has 0 unspecified atom stereocenters. The minimum absolute atomic E-state index is 0.109. The average molecular weight is 469 g/mol. The van der Waals surface area contributed by atoms with Crippen LogP contribution in [0.5, 0.6) is 17.2 Å². The lowest BCUT2D eigenvalue weighted by atomic mass is 10.1. The molecule has 0 bridgehead atoms. The lowest BCUT2D eigenvalue weighted by Crippen LogP contribution is -2.22. The van der Waals surface area contributed by atoms with Crippen molar-refractivity contribution in [3.05, 3.63) is 64.1 Å². The van der Waals surface area contributed by atoms with Gasteiger partial charge in [0.1, 0.15) is 23.5 Å². The maximum Gasteiger partial charge on any atom is 0.383 e. The van der Waals surface area contributed by atoms with Crippen molar-refractivity contribution in [2.24, 2.45) is 0 Å². The summed E-state index contributed by atoms with van der Waals surface area (Å²) >= 11 is 0. The first-order chi connectivity index (χ1) is 16.1. The third kappa shape index (κ3) is 9.12. The Morgan fingerprint density at radius 3 is 2.44 bits per heavy atom. The zero-order chi connectivity index (χ0) is 25.1. The lowest BCUT2D eigenvalue weighted by Gasteiger charge is -2.21. The van der Waals surface area contributed by atoms with Crippen molar-refractivity contribution in [3.63, 3.8) is 0 Å². The quantitative estimate of drug-likeness (QED) is 0.181. The van der Waals surface area contributed by atoms with E-state index in [2.05, 4.69) is 39.8 Å². The highest BCUT2D eigenvalue weighted by Gasteiger charge is 2.19. The number of fused-ring (bicyclic) bond motifs is 1. The van der Waals surface area contributed by atoms with E-state index in [9.17, 15) is 4.79 Å². The molecule has 0 aliphatic carbocycles. The van der Waals surface area contributed by atoms with E-state index < -0.39 is 5.63 Å². The van der Waals surface area contributed by atoms with Gasteiger partial charge in [-0.2, -0.15) is 0 Å². The van der Waals surface area contributed by atoms with Gasteiger partial charge in [-0.05, 0) is 85.4 Å². The van der Waals surface area contributed by atoms with Crippen LogP contribution in [-0.4, -0.2) is 18.8 Å². The molecule has 34 heavy (non-hydrogen) atoms. The summed E-state index contributed by atoms with van der Waals surface area (Å²) < 4.78 is 23.5. The first-order valence-electron chi connectivity index (χ1n) is 12.1. The molecule has 2 rings (SSSR count). The monoisotopic (exact) mass is 468 g/mol. The number of hydrogen-bond donors (Lipinski definition) is 0. The Labute approximate surface area is 204 Å². The molecule has 2 aromatic rings. The summed E-state index contributed by atoms with van der Waals surface area (Å²) in [6.45, 7) is 15.0. The molecule has 0 N–H and O–H groups in total. The van der Waals surface area contributed by atoms with Gasteiger partial charge in [-0.15, -0.1) is 0 Å². The average Bonchev–Trinajstić information content (AvgIpc) is 2.73. The highest BCUT2D eigenvalue weighted by atomic mass is 16.5. The van der Waals surface area contributed by atoms with Gasteiger partial charge in [-0.1, -0.05) is 36.3 Å². The third-order valence-electron chi connectivity index (χ3n) is 4.90. The molecule has 1 aromatic carbocycles. The molecule has 0 aliphatic heterocycles. The van der Waals surface area contributed by atoms with Gasteiger partial charge in [-0.25, -0.2) is 4.79 Å². The van der Waals surface area contributed by atoms with E-state index in [-0.39, 0.29) is 11.4 Å². The number of hydrogen-bond acceptors (Lipinski definition) is 5. The lowest BCUT2D eigenvalue weighted by molar-refractivity contribution is 0.131. The largest absolute Gasteiger partial charge is 0.488 e. The van der Waals surface area contributed by atoms with E-state index in [1.165, 1.54) is 11.1 Å². The fourth-order valence-electron chi connectivity index (χ4n) is 3.29. The highest BCUT2D eigenvalue weighted by Crippen LogP contribution is 2.35. The van der Waals surface area contributed by atoms with E-state index in [4.69, 9.17) is 18.6 Å². The number of benzene rings is 1. The minimum Gasteiger partial charge on any atom is -0.488 e. The summed E-state index contributed by atoms with van der Waals surface area (Å²) in [6.07, 6.45) is 12.0. The molecule has 186 valence electrons. The fraction of sp³-hybridized carbons (Fsp3) is 0.483. The van der Waals surface area contributed by atoms with Crippen molar-refractivity contribution in [1.82, 2.24) is 0 Å². The van der Waals surface area contributed by atoms with Gasteiger partial charge in [-0.3, -0.25) is 0 Å². The Bertz CT molecular complexity index is 1080. The van der Waals surface area contributed by atoms with Gasteiger partial charge in [0.15, 0.2) is 5.75 Å². The molecular formula is C29H40O5. The summed E-state index contributed by atoms with van der Waals surface area (Å²) in [5.74, 6) is 1.14. The van der Waals surface area contributed by atoms with Crippen LogP contribution >= 0.6 is 0 Å². The standard InChI is InChI=1S/C29H40O5/c1-8-9-10-11-18-31-27-26(32-19-17-22(4)14-12-13-21(2)3)24-16-15-23(34-29(5,6)7)20-25(24)33-28(27)30/h9-10,13,15-17,20H,8,11-12,14,18-19H2,1-7H3. The van der Waals surface area contributed by atoms with Crippen molar-refractivity contribution in [1.29, 1.82) is 0 Å². The Kier molecular flexibility index (Phi) is 10.5. The van der Waals surface area contributed by atoms with Gasteiger partial charge in [0.2, 0.25) is 5.75 Å². The molecular weight excluding hydrogens is 428 g/mol. The van der Waals surface area contributed by atoms with E-state index in [0.29, 0.717) is 42.1 Å². The molecule has 1 heterocycles. The van der Waals surface area contributed by atoms with Gasteiger partial charge < -0.3 is 18.6 Å². The molecule has 0 radical (unpaired) electrons. The van der Waals surface area contributed by atoms with Gasteiger partial charge in [0.25, 0.3) is 0 Å². The minimum atomic E-state index is -0.556. The molecule has 5 nitrogen and oxygen atoms in total. The van der Waals surface area contributed by atoms with Crippen LogP contribution in [0.25, 0.3) is 11.0 Å². The van der Waals surface area contributed by atoms with Crippen molar-refractivity contribution in [2.45, 2.75) is 79.8 Å². The molecule has 0 saturated carbocycles. The van der Waals surface area contributed by atoms with Crippen LogP contribution in [-0.2, 0) is 0 Å². The number of rotatable bonds is 12. The zero-order valence-corrected chi connectivity index (χ0v) is 21.8. The Hall–Kier alpha value is -2.95. The van der Waals surface area contributed by atoms with Crippen LogP contribution in [0, 0.1) is 0 Å². The van der Waals surface area contributed by atoms with Crippen molar-refractivity contribution in [3.8, 4) is 17.2 Å². The third-order valence-corrected chi connectivity index (χ3v) is 4.90. The number of ether oxygens (including phenoxy) is 3. The topological polar surface area (TPSA) is 57.9 Å². The fourth-order valence-corrected chi connectivity index (χ4v) is 3.29. The molecule has 0 fully saturated rings. The molecule has 0 saturated heterocycles. The molecule has 1 aromatic heterocycles. The highest BCUT2D eigenvalue weighted by molar-refractivity contribution is 5.86. The van der Waals surface area contributed by atoms with Crippen LogP contribution in [0.3, 0.4) is 0 Å². The van der Waals surface area contributed by atoms with Gasteiger partial charge in [0, 0.05) is 6.07 Å². The summed E-state index contributed by atoms with van der Waals surface area (Å²) in [5.41, 5.74) is 2.04. The first kappa shape index (κ1) is 27.3. The normalized spacial score (nSPS) is 12.3. The van der Waals surface area contributed by atoms with Crippen LogP contribution in [0.4, 0.5) is 0 Å². The molecule has 0 aliphatic rings. The Morgan fingerprint density at radius 2 is 1.76 bits per heavy atom. The molecule has 0 amide bonds.